The molecule has 3 rings (SSSR count). The summed E-state index contributed by atoms with van der Waals surface area (Å²) in [4.78, 5) is 2.37. The molecule has 1 nitrogen and oxygen atoms in total. The highest BCUT2D eigenvalue weighted by Gasteiger charge is 2.14. The largest absolute Gasteiger partial charge is 0.302 e. The van der Waals surface area contributed by atoms with E-state index < -0.39 is 0 Å². The molecule has 0 spiro atoms. The van der Waals surface area contributed by atoms with Crippen LogP contribution in [0.2, 0.25) is 0 Å². The average molecular weight is 360 g/mol. The van der Waals surface area contributed by atoms with E-state index in [1.807, 2.05) is 0 Å². The Morgan fingerprint density at radius 3 is 2.48 bits per heavy atom. The third-order valence-corrected chi connectivity index (χ3v) is 5.80. The Morgan fingerprint density at radius 1 is 0.889 bits per heavy atom. The SMILES string of the molecule is CCc1cccc(C(CCCCc2c(C)ccc3ccccc23)N(C)C)c1. The van der Waals surface area contributed by atoms with E-state index in [0.29, 0.717) is 6.04 Å². The van der Waals surface area contributed by atoms with E-state index >= 15 is 0 Å². The quantitative estimate of drug-likeness (QED) is 0.403. The van der Waals surface area contributed by atoms with Gasteiger partial charge in [0.05, 0.1) is 0 Å². The maximum absolute atomic E-state index is 2.39. The first kappa shape index (κ1) is 19.6. The van der Waals surface area contributed by atoms with Gasteiger partial charge in [0, 0.05) is 6.04 Å². The Bertz CT molecular complexity index is 878. The molecule has 0 aliphatic rings. The molecule has 0 radical (unpaired) electrons. The summed E-state index contributed by atoms with van der Waals surface area (Å²) >= 11 is 0. The van der Waals surface area contributed by atoms with Crippen LogP contribution < -0.4 is 0 Å². The number of fused-ring (bicyclic) bond motifs is 1. The molecule has 0 heterocycles. The topological polar surface area (TPSA) is 3.24 Å². The van der Waals surface area contributed by atoms with Crippen molar-refractivity contribution in [3.63, 3.8) is 0 Å². The molecular weight excluding hydrogens is 326 g/mol. The summed E-state index contributed by atoms with van der Waals surface area (Å²) in [6, 6.07) is 22.9. The minimum atomic E-state index is 0.505. The minimum Gasteiger partial charge on any atom is -0.302 e. The second-order valence-corrected chi connectivity index (χ2v) is 7.91. The zero-order valence-electron chi connectivity index (χ0n) is 17.3. The predicted molar refractivity (Wildman–Crippen MR) is 118 cm³/mol. The summed E-state index contributed by atoms with van der Waals surface area (Å²) in [6.07, 6.45) is 5.98. The van der Waals surface area contributed by atoms with Crippen molar-refractivity contribution in [2.75, 3.05) is 14.1 Å². The molecule has 0 saturated carbocycles. The zero-order chi connectivity index (χ0) is 19.2. The third kappa shape index (κ3) is 4.78. The number of nitrogens with zero attached hydrogens (tertiary/aromatic N) is 1. The molecule has 0 bridgehead atoms. The van der Waals surface area contributed by atoms with Crippen molar-refractivity contribution in [1.29, 1.82) is 0 Å². The molecule has 142 valence electrons. The summed E-state index contributed by atoms with van der Waals surface area (Å²) < 4.78 is 0. The molecule has 3 aromatic rings. The fraction of sp³-hybridized carbons (Fsp3) is 0.385. The van der Waals surface area contributed by atoms with Gasteiger partial charge in [0.15, 0.2) is 0 Å². The molecule has 1 heteroatoms. The van der Waals surface area contributed by atoms with E-state index in [-0.39, 0.29) is 0 Å². The van der Waals surface area contributed by atoms with Gasteiger partial charge in [-0.05, 0) is 79.7 Å². The molecule has 0 fully saturated rings. The Morgan fingerprint density at radius 2 is 1.70 bits per heavy atom. The van der Waals surface area contributed by atoms with Crippen molar-refractivity contribution in [3.05, 3.63) is 82.9 Å². The van der Waals surface area contributed by atoms with E-state index in [1.54, 1.807) is 0 Å². The van der Waals surface area contributed by atoms with Gasteiger partial charge >= 0.3 is 0 Å². The third-order valence-electron chi connectivity index (χ3n) is 5.80. The Labute approximate surface area is 165 Å². The molecule has 0 saturated heterocycles. The molecule has 3 aromatic carbocycles. The summed E-state index contributed by atoms with van der Waals surface area (Å²) in [5.74, 6) is 0. The van der Waals surface area contributed by atoms with Crippen molar-refractivity contribution < 1.29 is 0 Å². The van der Waals surface area contributed by atoms with Crippen molar-refractivity contribution in [2.24, 2.45) is 0 Å². The number of benzene rings is 3. The predicted octanol–water partition coefficient (Wildman–Crippen LogP) is 6.73. The second kappa shape index (κ2) is 9.19. The van der Waals surface area contributed by atoms with E-state index in [9.17, 15) is 0 Å². The molecule has 0 amide bonds. The van der Waals surface area contributed by atoms with Gasteiger partial charge in [-0.2, -0.15) is 0 Å². The Hall–Kier alpha value is -2.12. The lowest BCUT2D eigenvalue weighted by atomic mass is 9.93. The van der Waals surface area contributed by atoms with Crippen LogP contribution in [0.3, 0.4) is 0 Å². The van der Waals surface area contributed by atoms with Crippen molar-refractivity contribution in [1.82, 2.24) is 4.90 Å². The normalized spacial score (nSPS) is 12.6. The molecule has 0 N–H and O–H groups in total. The fourth-order valence-corrected chi connectivity index (χ4v) is 4.16. The maximum Gasteiger partial charge on any atom is 0.0342 e. The van der Waals surface area contributed by atoms with Gasteiger partial charge in [-0.15, -0.1) is 0 Å². The highest BCUT2D eigenvalue weighted by atomic mass is 15.1. The highest BCUT2D eigenvalue weighted by Crippen LogP contribution is 2.27. The van der Waals surface area contributed by atoms with Crippen LogP contribution in [0.4, 0.5) is 0 Å². The maximum atomic E-state index is 2.39. The molecule has 0 aliphatic carbocycles. The summed E-state index contributed by atoms with van der Waals surface area (Å²) in [5, 5.41) is 2.79. The van der Waals surface area contributed by atoms with E-state index in [4.69, 9.17) is 0 Å². The van der Waals surface area contributed by atoms with Crippen LogP contribution in [0.1, 0.15) is 54.5 Å². The first-order valence-electron chi connectivity index (χ1n) is 10.3. The van der Waals surface area contributed by atoms with Crippen LogP contribution in [0.25, 0.3) is 10.8 Å². The lowest BCUT2D eigenvalue weighted by Crippen LogP contribution is -2.20. The smallest absolute Gasteiger partial charge is 0.0342 e. The highest BCUT2D eigenvalue weighted by molar-refractivity contribution is 5.86. The molecule has 0 aliphatic heterocycles. The van der Waals surface area contributed by atoms with Crippen LogP contribution in [-0.2, 0) is 12.8 Å². The average Bonchev–Trinajstić information content (AvgIpc) is 2.69. The standard InChI is InChI=1S/C26H33N/c1-5-21-11-10-13-23(19-21)26(27(3)4)16-9-8-14-24-20(2)17-18-22-12-6-7-15-25(22)24/h6-7,10-13,15,17-19,26H,5,8-9,14,16H2,1-4H3. The van der Waals surface area contributed by atoms with Gasteiger partial charge in [0.25, 0.3) is 0 Å². The molecule has 1 atom stereocenters. The van der Waals surface area contributed by atoms with Crippen LogP contribution in [-0.4, -0.2) is 19.0 Å². The van der Waals surface area contributed by atoms with Crippen LogP contribution in [0.15, 0.2) is 60.7 Å². The van der Waals surface area contributed by atoms with Gasteiger partial charge in [-0.25, -0.2) is 0 Å². The number of hydrogen-bond donors (Lipinski definition) is 0. The molecule has 1 unspecified atom stereocenters. The monoisotopic (exact) mass is 359 g/mol. The number of aryl methyl sites for hydroxylation is 3. The zero-order valence-corrected chi connectivity index (χ0v) is 17.3. The fourth-order valence-electron chi connectivity index (χ4n) is 4.16. The number of hydrogen-bond acceptors (Lipinski definition) is 1. The van der Waals surface area contributed by atoms with Crippen molar-refractivity contribution >= 4 is 10.8 Å². The van der Waals surface area contributed by atoms with Gasteiger partial charge in [0.1, 0.15) is 0 Å². The lowest BCUT2D eigenvalue weighted by molar-refractivity contribution is 0.277. The van der Waals surface area contributed by atoms with Gasteiger partial charge in [-0.1, -0.05) is 74.0 Å². The number of unbranched alkanes of at least 4 members (excludes halogenated alkanes) is 1. The van der Waals surface area contributed by atoms with Gasteiger partial charge in [0.2, 0.25) is 0 Å². The molecule has 27 heavy (non-hydrogen) atoms. The molecule has 0 aromatic heterocycles. The van der Waals surface area contributed by atoms with Gasteiger partial charge in [-0.3, -0.25) is 0 Å². The van der Waals surface area contributed by atoms with Crippen molar-refractivity contribution in [2.45, 2.75) is 52.0 Å². The van der Waals surface area contributed by atoms with E-state index in [2.05, 4.69) is 93.5 Å². The van der Waals surface area contributed by atoms with Crippen LogP contribution >= 0.6 is 0 Å². The Balaban J connectivity index is 1.65. The Kier molecular flexibility index (Phi) is 6.68. The first-order chi connectivity index (χ1) is 13.1. The van der Waals surface area contributed by atoms with Gasteiger partial charge < -0.3 is 4.90 Å². The minimum absolute atomic E-state index is 0.505. The van der Waals surface area contributed by atoms with E-state index in [0.717, 1.165) is 6.42 Å². The summed E-state index contributed by atoms with van der Waals surface area (Å²) in [6.45, 7) is 4.48. The lowest BCUT2D eigenvalue weighted by Gasteiger charge is -2.25. The summed E-state index contributed by atoms with van der Waals surface area (Å²) in [5.41, 5.74) is 5.85. The van der Waals surface area contributed by atoms with Crippen LogP contribution in [0.5, 0.6) is 0 Å². The van der Waals surface area contributed by atoms with Crippen LogP contribution in [0, 0.1) is 6.92 Å². The first-order valence-corrected chi connectivity index (χ1v) is 10.3. The second-order valence-electron chi connectivity index (χ2n) is 7.91. The summed E-state index contributed by atoms with van der Waals surface area (Å²) in [7, 11) is 4.41. The number of rotatable bonds is 8. The van der Waals surface area contributed by atoms with E-state index in [1.165, 1.54) is 58.7 Å². The molecular formula is C26H33N. The van der Waals surface area contributed by atoms with Crippen molar-refractivity contribution in [3.8, 4) is 0 Å².